The van der Waals surface area contributed by atoms with Crippen molar-refractivity contribution >= 4 is 10.9 Å². The van der Waals surface area contributed by atoms with Gasteiger partial charge >= 0.3 is 6.18 Å². The first-order valence-corrected chi connectivity index (χ1v) is 7.63. The lowest BCUT2D eigenvalue weighted by Crippen LogP contribution is -2.15. The van der Waals surface area contributed by atoms with Crippen molar-refractivity contribution < 1.29 is 18.1 Å². The number of H-pyrrole nitrogens is 1. The maximum Gasteiger partial charge on any atom is 0.416 e. The Kier molecular flexibility index (Phi) is 4.24. The average molecular weight is 348 g/mol. The van der Waals surface area contributed by atoms with Crippen molar-refractivity contribution in [2.24, 2.45) is 0 Å². The number of alkyl halides is 3. The zero-order valence-corrected chi connectivity index (χ0v) is 13.3. The van der Waals surface area contributed by atoms with E-state index in [0.29, 0.717) is 5.56 Å². The molecule has 0 amide bonds. The second-order valence-electron chi connectivity index (χ2n) is 5.90. The number of nitrogens with zero attached hydrogens (tertiary/aromatic N) is 1. The van der Waals surface area contributed by atoms with E-state index in [1.54, 1.807) is 0 Å². The number of nitro groups is 1. The summed E-state index contributed by atoms with van der Waals surface area (Å²) in [5.74, 6) is -0.631. The summed E-state index contributed by atoms with van der Waals surface area (Å²) in [6.45, 7) is 1.42. The Bertz CT molecular complexity index is 914. The van der Waals surface area contributed by atoms with E-state index in [2.05, 4.69) is 4.98 Å². The third kappa shape index (κ3) is 3.35. The van der Waals surface area contributed by atoms with Crippen LogP contribution in [-0.4, -0.2) is 16.5 Å². The fraction of sp³-hybridized carbons (Fsp3) is 0.222. The number of rotatable bonds is 4. The molecule has 0 saturated heterocycles. The van der Waals surface area contributed by atoms with Crippen molar-refractivity contribution in [1.82, 2.24) is 4.98 Å². The van der Waals surface area contributed by atoms with Gasteiger partial charge in [-0.05, 0) is 36.2 Å². The fourth-order valence-electron chi connectivity index (χ4n) is 3.16. The molecule has 0 fully saturated rings. The Hall–Kier alpha value is -2.83. The van der Waals surface area contributed by atoms with Gasteiger partial charge in [0.2, 0.25) is 6.54 Å². The molecule has 0 unspecified atom stereocenters. The van der Waals surface area contributed by atoms with E-state index in [4.69, 9.17) is 0 Å². The zero-order chi connectivity index (χ0) is 18.2. The minimum Gasteiger partial charge on any atom is -0.358 e. The van der Waals surface area contributed by atoms with Crippen LogP contribution in [0, 0.1) is 17.0 Å². The van der Waals surface area contributed by atoms with E-state index in [0.717, 1.165) is 34.3 Å². The highest BCUT2D eigenvalue weighted by Crippen LogP contribution is 2.35. The van der Waals surface area contributed by atoms with Crippen LogP contribution in [-0.2, 0) is 6.18 Å². The van der Waals surface area contributed by atoms with Gasteiger partial charge in [0.15, 0.2) is 0 Å². The van der Waals surface area contributed by atoms with Crippen LogP contribution >= 0.6 is 0 Å². The Morgan fingerprint density at radius 3 is 2.36 bits per heavy atom. The minimum atomic E-state index is -4.44. The average Bonchev–Trinajstić information content (AvgIpc) is 2.87. The number of aromatic amines is 1. The number of halogens is 3. The van der Waals surface area contributed by atoms with Gasteiger partial charge in [0.25, 0.3) is 0 Å². The lowest BCUT2D eigenvalue weighted by molar-refractivity contribution is -0.481. The normalized spacial score (nSPS) is 13.1. The molecule has 0 bridgehead atoms. The molecule has 0 radical (unpaired) electrons. The van der Waals surface area contributed by atoms with Gasteiger partial charge in [0.05, 0.1) is 11.5 Å². The molecule has 0 aliphatic carbocycles. The standard InChI is InChI=1S/C18H15F3N2O2/c1-11-17(14-4-2-3-5-16(14)22-11)15(10-23(24)25)12-6-8-13(9-7-12)18(19,20)21/h2-9,15,22H,10H2,1H3/t15-/m1/s1. The van der Waals surface area contributed by atoms with E-state index in [1.165, 1.54) is 12.1 Å². The minimum absolute atomic E-state index is 0.395. The quantitative estimate of drug-likeness (QED) is 0.538. The largest absolute Gasteiger partial charge is 0.416 e. The Balaban J connectivity index is 2.11. The van der Waals surface area contributed by atoms with Crippen molar-refractivity contribution in [3.05, 3.63) is 81.0 Å². The topological polar surface area (TPSA) is 58.9 Å². The predicted octanol–water partition coefficient (Wildman–Crippen LogP) is 4.90. The number of benzene rings is 2. The van der Waals surface area contributed by atoms with E-state index in [-0.39, 0.29) is 0 Å². The molecule has 3 rings (SSSR count). The summed E-state index contributed by atoms with van der Waals surface area (Å²) in [6.07, 6.45) is -4.44. The molecule has 4 nitrogen and oxygen atoms in total. The summed E-state index contributed by atoms with van der Waals surface area (Å²) in [6, 6.07) is 12.0. The molecule has 1 N–H and O–H groups in total. The van der Waals surface area contributed by atoms with E-state index in [1.807, 2.05) is 31.2 Å². The Morgan fingerprint density at radius 1 is 1.12 bits per heavy atom. The Morgan fingerprint density at radius 2 is 1.76 bits per heavy atom. The number of aromatic nitrogens is 1. The monoisotopic (exact) mass is 348 g/mol. The molecule has 0 saturated carbocycles. The highest BCUT2D eigenvalue weighted by molar-refractivity contribution is 5.85. The molecule has 0 spiro atoms. The van der Waals surface area contributed by atoms with E-state index >= 15 is 0 Å². The molecule has 1 aromatic heterocycles. The van der Waals surface area contributed by atoms with Gasteiger partial charge in [0, 0.05) is 21.5 Å². The SMILES string of the molecule is Cc1[nH]c2ccccc2c1[C@H](C[N+](=O)[O-])c1ccc(C(F)(F)F)cc1. The van der Waals surface area contributed by atoms with Crippen molar-refractivity contribution in [3.63, 3.8) is 0 Å². The van der Waals surface area contributed by atoms with Gasteiger partial charge in [-0.25, -0.2) is 0 Å². The molecule has 0 aliphatic rings. The third-order valence-electron chi connectivity index (χ3n) is 4.26. The second-order valence-corrected chi connectivity index (χ2v) is 5.90. The molecule has 1 atom stereocenters. The van der Waals surface area contributed by atoms with Crippen molar-refractivity contribution in [1.29, 1.82) is 0 Å². The molecule has 25 heavy (non-hydrogen) atoms. The maximum absolute atomic E-state index is 12.8. The summed E-state index contributed by atoms with van der Waals surface area (Å²) >= 11 is 0. The molecule has 0 aliphatic heterocycles. The summed E-state index contributed by atoms with van der Waals surface area (Å²) in [4.78, 5) is 13.9. The van der Waals surface area contributed by atoms with Crippen LogP contribution in [0.3, 0.4) is 0 Å². The van der Waals surface area contributed by atoms with Crippen LogP contribution in [0.15, 0.2) is 48.5 Å². The van der Waals surface area contributed by atoms with E-state index in [9.17, 15) is 23.3 Å². The second kappa shape index (κ2) is 6.23. The molecule has 1 heterocycles. The van der Waals surface area contributed by atoms with E-state index < -0.39 is 29.1 Å². The zero-order valence-electron chi connectivity index (χ0n) is 13.3. The van der Waals surface area contributed by atoms with Crippen LogP contribution in [0.5, 0.6) is 0 Å². The smallest absolute Gasteiger partial charge is 0.358 e. The molecular weight excluding hydrogens is 333 g/mol. The highest BCUT2D eigenvalue weighted by Gasteiger charge is 2.31. The number of nitrogens with one attached hydrogen (secondary N) is 1. The summed E-state index contributed by atoms with van der Waals surface area (Å²) < 4.78 is 38.3. The first-order chi connectivity index (χ1) is 11.8. The fourth-order valence-corrected chi connectivity index (χ4v) is 3.16. The van der Waals surface area contributed by atoms with Crippen LogP contribution < -0.4 is 0 Å². The molecular formula is C18H15F3N2O2. The number of para-hydroxylation sites is 1. The maximum atomic E-state index is 12.8. The van der Waals surface area contributed by atoms with Gasteiger partial charge in [-0.1, -0.05) is 30.3 Å². The number of fused-ring (bicyclic) bond motifs is 1. The number of hydrogen-bond donors (Lipinski definition) is 1. The first kappa shape index (κ1) is 17.0. The van der Waals surface area contributed by atoms with Gasteiger partial charge in [-0.2, -0.15) is 13.2 Å². The van der Waals surface area contributed by atoms with Crippen molar-refractivity contribution in [2.75, 3.05) is 6.54 Å². The summed E-state index contributed by atoms with van der Waals surface area (Å²) in [5.41, 5.74) is 2.07. The first-order valence-electron chi connectivity index (χ1n) is 7.63. The number of aryl methyl sites for hydroxylation is 1. The Labute approximate surface area is 141 Å². The van der Waals surface area contributed by atoms with Gasteiger partial charge in [-0.15, -0.1) is 0 Å². The lowest BCUT2D eigenvalue weighted by atomic mass is 9.89. The summed E-state index contributed by atoms with van der Waals surface area (Å²) in [5, 5.41) is 12.0. The van der Waals surface area contributed by atoms with Crippen molar-refractivity contribution in [2.45, 2.75) is 19.0 Å². The van der Waals surface area contributed by atoms with Gasteiger partial charge in [-0.3, -0.25) is 10.1 Å². The summed E-state index contributed by atoms with van der Waals surface area (Å²) in [7, 11) is 0. The highest BCUT2D eigenvalue weighted by atomic mass is 19.4. The lowest BCUT2D eigenvalue weighted by Gasteiger charge is -2.16. The van der Waals surface area contributed by atoms with Crippen LogP contribution in [0.2, 0.25) is 0 Å². The van der Waals surface area contributed by atoms with Crippen LogP contribution in [0.4, 0.5) is 13.2 Å². The van der Waals surface area contributed by atoms with Crippen molar-refractivity contribution in [3.8, 4) is 0 Å². The van der Waals surface area contributed by atoms with Crippen LogP contribution in [0.1, 0.15) is 28.3 Å². The number of hydrogen-bond acceptors (Lipinski definition) is 2. The molecule has 130 valence electrons. The third-order valence-corrected chi connectivity index (χ3v) is 4.26. The van der Waals surface area contributed by atoms with Crippen LogP contribution in [0.25, 0.3) is 10.9 Å². The molecule has 2 aromatic carbocycles. The predicted molar refractivity (Wildman–Crippen MR) is 88.2 cm³/mol. The molecule has 7 heteroatoms. The van der Waals surface area contributed by atoms with Gasteiger partial charge in [0.1, 0.15) is 0 Å². The molecule has 3 aromatic rings. The van der Waals surface area contributed by atoms with Gasteiger partial charge < -0.3 is 4.98 Å².